The van der Waals surface area contributed by atoms with Gasteiger partial charge >= 0.3 is 0 Å². The van der Waals surface area contributed by atoms with E-state index in [9.17, 15) is 8.42 Å². The van der Waals surface area contributed by atoms with E-state index in [0.717, 1.165) is 25.2 Å². The van der Waals surface area contributed by atoms with Gasteiger partial charge in [-0.3, -0.25) is 0 Å². The van der Waals surface area contributed by atoms with Gasteiger partial charge in [0.2, 0.25) is 0 Å². The van der Waals surface area contributed by atoms with Gasteiger partial charge in [0, 0.05) is 12.3 Å². The van der Waals surface area contributed by atoms with Gasteiger partial charge in [0.15, 0.2) is 0 Å². The third kappa shape index (κ3) is 4.19. The highest BCUT2D eigenvalue weighted by molar-refractivity contribution is 7.91. The molecule has 2 rings (SSSR count). The van der Waals surface area contributed by atoms with E-state index in [0.29, 0.717) is 12.0 Å². The van der Waals surface area contributed by atoms with Gasteiger partial charge in [-0.05, 0) is 44.6 Å². The molecule has 0 saturated heterocycles. The first kappa shape index (κ1) is 15.3. The summed E-state index contributed by atoms with van der Waals surface area (Å²) in [4.78, 5) is 0. The van der Waals surface area contributed by atoms with Crippen LogP contribution in [-0.2, 0) is 9.84 Å². The van der Waals surface area contributed by atoms with Crippen molar-refractivity contribution < 1.29 is 8.42 Å². The molecule has 3 atom stereocenters. The second kappa shape index (κ2) is 6.57. The van der Waals surface area contributed by atoms with Gasteiger partial charge < -0.3 is 5.32 Å². The van der Waals surface area contributed by atoms with Gasteiger partial charge in [-0.15, -0.1) is 0 Å². The fourth-order valence-corrected chi connectivity index (χ4v) is 5.28. The fourth-order valence-electron chi connectivity index (χ4n) is 4.09. The molecule has 0 spiro atoms. The summed E-state index contributed by atoms with van der Waals surface area (Å²) in [5.41, 5.74) is 0. The number of sulfone groups is 1. The molecule has 2 aliphatic rings. The Bertz CT molecular complexity index is 374. The molecule has 3 nitrogen and oxygen atoms in total. The second-order valence-corrected chi connectivity index (χ2v) is 8.99. The average molecular weight is 287 g/mol. The Labute approximate surface area is 118 Å². The van der Waals surface area contributed by atoms with Crippen molar-refractivity contribution in [1.82, 2.24) is 5.32 Å². The summed E-state index contributed by atoms with van der Waals surface area (Å²) < 4.78 is 23.5. The summed E-state index contributed by atoms with van der Waals surface area (Å²) in [6.45, 7) is 0. The van der Waals surface area contributed by atoms with Crippen molar-refractivity contribution in [3.05, 3.63) is 0 Å². The monoisotopic (exact) mass is 287 g/mol. The standard InChI is InChI=1S/C15H29NO2S/c1-16-15(10-12-6-3-4-7-12)13-8-5-9-14(11-13)19(2,17)18/h12-16H,3-11H2,1-2H3. The van der Waals surface area contributed by atoms with E-state index in [4.69, 9.17) is 0 Å². The van der Waals surface area contributed by atoms with Crippen LogP contribution in [0.25, 0.3) is 0 Å². The van der Waals surface area contributed by atoms with Crippen LogP contribution in [0.3, 0.4) is 0 Å². The molecule has 19 heavy (non-hydrogen) atoms. The minimum absolute atomic E-state index is 0.0920. The minimum atomic E-state index is -2.86. The van der Waals surface area contributed by atoms with E-state index in [1.165, 1.54) is 44.8 Å². The van der Waals surface area contributed by atoms with Crippen molar-refractivity contribution in [1.29, 1.82) is 0 Å². The van der Waals surface area contributed by atoms with Crippen LogP contribution < -0.4 is 5.32 Å². The van der Waals surface area contributed by atoms with Crippen LogP contribution in [0.2, 0.25) is 0 Å². The summed E-state index contributed by atoms with van der Waals surface area (Å²) in [6.07, 6.45) is 12.2. The highest BCUT2D eigenvalue weighted by Gasteiger charge is 2.33. The summed E-state index contributed by atoms with van der Waals surface area (Å²) in [5.74, 6) is 1.43. The molecule has 2 fully saturated rings. The molecule has 0 aromatic carbocycles. The van der Waals surface area contributed by atoms with Crippen molar-refractivity contribution in [2.75, 3.05) is 13.3 Å². The molecule has 3 unspecified atom stereocenters. The molecule has 0 aromatic heterocycles. The van der Waals surface area contributed by atoms with Gasteiger partial charge in [0.1, 0.15) is 9.84 Å². The highest BCUT2D eigenvalue weighted by Crippen LogP contribution is 2.35. The van der Waals surface area contributed by atoms with E-state index in [2.05, 4.69) is 5.32 Å². The Balaban J connectivity index is 1.93. The Hall–Kier alpha value is -0.0900. The number of nitrogens with one attached hydrogen (secondary N) is 1. The molecule has 0 amide bonds. The lowest BCUT2D eigenvalue weighted by Gasteiger charge is -2.35. The maximum Gasteiger partial charge on any atom is 0.150 e. The molecular formula is C15H29NO2S. The molecular weight excluding hydrogens is 258 g/mol. The third-order valence-electron chi connectivity index (χ3n) is 5.27. The number of hydrogen-bond acceptors (Lipinski definition) is 3. The smallest absolute Gasteiger partial charge is 0.150 e. The lowest BCUT2D eigenvalue weighted by Crippen LogP contribution is -2.40. The highest BCUT2D eigenvalue weighted by atomic mass is 32.2. The predicted octanol–water partition coefficient (Wildman–Crippen LogP) is 2.76. The summed E-state index contributed by atoms with van der Waals surface area (Å²) >= 11 is 0. The Kier molecular flexibility index (Phi) is 5.29. The molecule has 0 aliphatic heterocycles. The average Bonchev–Trinajstić information content (AvgIpc) is 2.88. The second-order valence-electron chi connectivity index (χ2n) is 6.66. The van der Waals surface area contributed by atoms with Crippen LogP contribution in [0.15, 0.2) is 0 Å². The largest absolute Gasteiger partial charge is 0.317 e. The first-order valence-corrected chi connectivity index (χ1v) is 9.82. The maximum atomic E-state index is 11.8. The Morgan fingerprint density at radius 2 is 1.79 bits per heavy atom. The molecule has 2 aliphatic carbocycles. The first-order chi connectivity index (χ1) is 9.00. The van der Waals surface area contributed by atoms with Gasteiger partial charge in [0.05, 0.1) is 5.25 Å². The van der Waals surface area contributed by atoms with Crippen molar-refractivity contribution in [3.8, 4) is 0 Å². The lowest BCUT2D eigenvalue weighted by molar-refractivity contribution is 0.244. The maximum absolute atomic E-state index is 11.8. The normalized spacial score (nSPS) is 31.5. The lowest BCUT2D eigenvalue weighted by atomic mass is 9.80. The molecule has 0 heterocycles. The molecule has 4 heteroatoms. The summed E-state index contributed by atoms with van der Waals surface area (Å²) in [7, 11) is -0.810. The van der Waals surface area contributed by atoms with Crippen LogP contribution >= 0.6 is 0 Å². The molecule has 112 valence electrons. The minimum Gasteiger partial charge on any atom is -0.317 e. The summed E-state index contributed by atoms with van der Waals surface area (Å²) in [5, 5.41) is 3.38. The molecule has 1 N–H and O–H groups in total. The van der Waals surface area contributed by atoms with Crippen molar-refractivity contribution >= 4 is 9.84 Å². The number of hydrogen-bond donors (Lipinski definition) is 1. The molecule has 0 radical (unpaired) electrons. The zero-order valence-electron chi connectivity index (χ0n) is 12.4. The van der Waals surface area contributed by atoms with Crippen LogP contribution in [-0.4, -0.2) is 33.0 Å². The zero-order chi connectivity index (χ0) is 13.9. The zero-order valence-corrected chi connectivity index (χ0v) is 13.2. The molecule has 0 aromatic rings. The Morgan fingerprint density at radius 1 is 1.11 bits per heavy atom. The first-order valence-electron chi connectivity index (χ1n) is 7.87. The van der Waals surface area contributed by atoms with E-state index in [1.54, 1.807) is 0 Å². The SMILES string of the molecule is CNC(CC1CCCC1)C1CCCC(S(C)(=O)=O)C1. The Morgan fingerprint density at radius 3 is 2.37 bits per heavy atom. The third-order valence-corrected chi connectivity index (χ3v) is 6.91. The van der Waals surface area contributed by atoms with E-state index in [1.807, 2.05) is 7.05 Å². The van der Waals surface area contributed by atoms with Crippen molar-refractivity contribution in [2.24, 2.45) is 11.8 Å². The van der Waals surface area contributed by atoms with Crippen LogP contribution in [0.5, 0.6) is 0 Å². The van der Waals surface area contributed by atoms with E-state index < -0.39 is 9.84 Å². The number of rotatable bonds is 5. The summed E-state index contributed by atoms with van der Waals surface area (Å²) in [6, 6.07) is 0.521. The van der Waals surface area contributed by atoms with E-state index >= 15 is 0 Å². The van der Waals surface area contributed by atoms with Crippen LogP contribution in [0, 0.1) is 11.8 Å². The van der Waals surface area contributed by atoms with Gasteiger partial charge in [-0.1, -0.05) is 32.1 Å². The molecule has 0 bridgehead atoms. The fraction of sp³-hybridized carbons (Fsp3) is 1.00. The quantitative estimate of drug-likeness (QED) is 0.845. The van der Waals surface area contributed by atoms with Crippen molar-refractivity contribution in [2.45, 2.75) is 69.1 Å². The van der Waals surface area contributed by atoms with Gasteiger partial charge in [0.25, 0.3) is 0 Å². The van der Waals surface area contributed by atoms with E-state index in [-0.39, 0.29) is 5.25 Å². The van der Waals surface area contributed by atoms with Gasteiger partial charge in [-0.25, -0.2) is 8.42 Å². The molecule has 2 saturated carbocycles. The topological polar surface area (TPSA) is 46.2 Å². The predicted molar refractivity (Wildman–Crippen MR) is 80.0 cm³/mol. The van der Waals surface area contributed by atoms with Gasteiger partial charge in [-0.2, -0.15) is 0 Å². The van der Waals surface area contributed by atoms with Crippen molar-refractivity contribution in [3.63, 3.8) is 0 Å². The van der Waals surface area contributed by atoms with Crippen LogP contribution in [0.1, 0.15) is 57.8 Å². The van der Waals surface area contributed by atoms with Crippen LogP contribution in [0.4, 0.5) is 0 Å².